The molecule has 0 fully saturated rings. The zero-order valence-electron chi connectivity index (χ0n) is 27.6. The third-order valence-electron chi connectivity index (χ3n) is 6.54. The molecule has 1 radical (unpaired) electrons. The van der Waals surface area contributed by atoms with E-state index in [9.17, 15) is 0 Å². The Morgan fingerprint density at radius 2 is 1.66 bits per heavy atom. The summed E-state index contributed by atoms with van der Waals surface area (Å²) in [5.41, 5.74) is 5.47. The van der Waals surface area contributed by atoms with E-state index in [1.165, 1.54) is 6.20 Å². The smallest absolute Gasteiger partial charge is 0.128 e. The number of aryl methyl sites for hydroxylation is 1. The van der Waals surface area contributed by atoms with E-state index < -0.39 is 13.2 Å². The molecule has 0 saturated heterocycles. The van der Waals surface area contributed by atoms with Crippen LogP contribution in [0.1, 0.15) is 31.8 Å². The summed E-state index contributed by atoms with van der Waals surface area (Å²) in [6.45, 7) is 1.68. The number of pyridine rings is 2. The van der Waals surface area contributed by atoms with Gasteiger partial charge in [-0.05, 0) is 47.5 Å². The molecule has 0 unspecified atom stereocenters. The van der Waals surface area contributed by atoms with Crippen molar-refractivity contribution in [2.75, 3.05) is 0 Å². The Hall–Kier alpha value is -4.11. The second-order valence-electron chi connectivity index (χ2n) is 9.80. The van der Waals surface area contributed by atoms with Gasteiger partial charge in [-0.2, -0.15) is 0 Å². The summed E-state index contributed by atoms with van der Waals surface area (Å²) in [5, 5.41) is 4.28. The molecule has 0 aliphatic heterocycles. The topological polar surface area (TPSA) is 38.9 Å². The molecule has 0 N–H and O–H groups in total. The van der Waals surface area contributed by atoms with Crippen LogP contribution >= 0.6 is 0 Å². The van der Waals surface area contributed by atoms with Gasteiger partial charge in [0, 0.05) is 50.1 Å². The minimum absolute atomic E-state index is 0. The van der Waals surface area contributed by atoms with Crippen molar-refractivity contribution in [3.63, 3.8) is 0 Å². The molecule has 0 bridgehead atoms. The Morgan fingerprint density at radius 1 is 0.805 bits per heavy atom. The molecule has 0 amide bonds. The molecule has 205 valence electrons. The maximum atomic E-state index is 8.43. The van der Waals surface area contributed by atoms with Gasteiger partial charge < -0.3 is 14.4 Å². The molecule has 0 atom stereocenters. The SMILES string of the molecule is [2H]C([2H])([2H])c1ccc(-c2[c-]cccc2)nc1.[2H]C([2H])(c1ccnc(-c2[c-]ccc3c2oc2c4ccccc4ccc32)c1)C(C)C.[Ir]. The molecule has 3 heterocycles. The van der Waals surface area contributed by atoms with Crippen molar-refractivity contribution in [1.82, 2.24) is 9.97 Å². The molecule has 0 aliphatic carbocycles. The van der Waals surface area contributed by atoms with Gasteiger partial charge >= 0.3 is 0 Å². The van der Waals surface area contributed by atoms with Crippen molar-refractivity contribution < 1.29 is 31.4 Å². The summed E-state index contributed by atoms with van der Waals surface area (Å²) < 4.78 is 44.9. The minimum atomic E-state index is -2.09. The largest absolute Gasteiger partial charge is 0.500 e. The van der Waals surface area contributed by atoms with Crippen molar-refractivity contribution in [3.05, 3.63) is 133 Å². The standard InChI is InChI=1S/C25H20NO.C12H10N.Ir/c1-16(2)14-17-12-13-26-23(15-17)22-9-5-8-20-21-11-10-18-6-3-4-7-19(18)24(21)27-25(20)22;1-10-7-8-12(13-9-10)11-5-3-2-4-6-11;/h3-8,10-13,15-16H,14H2,1-2H3;2-5,7-9H,1H3;/q2*-1;/i14D2;1D3;. The first-order chi connectivity index (χ1) is 21.5. The van der Waals surface area contributed by atoms with Gasteiger partial charge in [-0.15, -0.1) is 54.1 Å². The second-order valence-corrected chi connectivity index (χ2v) is 9.80. The van der Waals surface area contributed by atoms with Crippen molar-refractivity contribution in [2.45, 2.75) is 27.1 Å². The molecule has 0 aliphatic rings. The van der Waals surface area contributed by atoms with Crippen LogP contribution in [0.5, 0.6) is 0 Å². The van der Waals surface area contributed by atoms with Crippen molar-refractivity contribution >= 4 is 32.7 Å². The first-order valence-electron chi connectivity index (χ1n) is 15.7. The van der Waals surface area contributed by atoms with Crippen molar-refractivity contribution in [3.8, 4) is 22.5 Å². The fourth-order valence-electron chi connectivity index (χ4n) is 4.76. The number of fused-ring (bicyclic) bond motifs is 5. The maximum Gasteiger partial charge on any atom is 0.128 e. The van der Waals surface area contributed by atoms with Crippen LogP contribution < -0.4 is 0 Å². The first-order valence-corrected chi connectivity index (χ1v) is 13.2. The predicted octanol–water partition coefficient (Wildman–Crippen LogP) is 9.65. The van der Waals surface area contributed by atoms with E-state index in [1.807, 2.05) is 62.4 Å². The molecule has 4 heteroatoms. The summed E-state index contributed by atoms with van der Waals surface area (Å²) in [6.07, 6.45) is 1.62. The van der Waals surface area contributed by atoms with Crippen molar-refractivity contribution in [2.24, 2.45) is 5.92 Å². The average molecular weight is 716 g/mol. The van der Waals surface area contributed by atoms with Crippen molar-refractivity contribution in [1.29, 1.82) is 0 Å². The Morgan fingerprint density at radius 3 is 2.44 bits per heavy atom. The molecule has 41 heavy (non-hydrogen) atoms. The quantitative estimate of drug-likeness (QED) is 0.171. The monoisotopic (exact) mass is 716 g/mol. The number of benzene rings is 4. The fraction of sp³-hybridized carbons (Fsp3) is 0.135. The maximum absolute atomic E-state index is 8.43. The molecule has 3 nitrogen and oxygen atoms in total. The molecule has 3 aromatic heterocycles. The number of nitrogens with zero attached hydrogens (tertiary/aromatic N) is 2. The number of furan rings is 1. The Bertz CT molecular complexity index is 2110. The third kappa shape index (κ3) is 6.15. The number of aromatic nitrogens is 2. The van der Waals surface area contributed by atoms with Crippen LogP contribution in [0.25, 0.3) is 55.2 Å². The summed E-state index contributed by atoms with van der Waals surface area (Å²) in [5.74, 6) is -0.143. The summed E-state index contributed by atoms with van der Waals surface area (Å²) >= 11 is 0. The normalized spacial score (nSPS) is 13.4. The van der Waals surface area contributed by atoms with E-state index >= 15 is 0 Å². The van der Waals surface area contributed by atoms with Crippen LogP contribution in [0.4, 0.5) is 0 Å². The van der Waals surface area contributed by atoms with Crippen LogP contribution in [0.15, 0.2) is 114 Å². The Kier molecular flexibility index (Phi) is 6.93. The number of hydrogen-bond donors (Lipinski definition) is 0. The second kappa shape index (κ2) is 12.6. The van der Waals surface area contributed by atoms with E-state index in [2.05, 4.69) is 46.4 Å². The van der Waals surface area contributed by atoms with Crippen LogP contribution in [-0.4, -0.2) is 9.97 Å². The van der Waals surface area contributed by atoms with Gasteiger partial charge in [-0.1, -0.05) is 85.0 Å². The molecule has 0 spiro atoms. The van der Waals surface area contributed by atoms with Gasteiger partial charge in [-0.25, -0.2) is 0 Å². The summed E-state index contributed by atoms with van der Waals surface area (Å²) in [4.78, 5) is 8.63. The van der Waals surface area contributed by atoms with Crippen LogP contribution in [0.3, 0.4) is 0 Å². The van der Waals surface area contributed by atoms with Crippen LogP contribution in [0.2, 0.25) is 0 Å². The summed E-state index contributed by atoms with van der Waals surface area (Å²) in [6, 6.07) is 36.9. The molecule has 7 aromatic rings. The van der Waals surface area contributed by atoms with E-state index in [0.717, 1.165) is 49.5 Å². The van der Waals surface area contributed by atoms with Crippen LogP contribution in [-0.2, 0) is 26.5 Å². The van der Waals surface area contributed by atoms with Gasteiger partial charge in [-0.3, -0.25) is 0 Å². The van der Waals surface area contributed by atoms with Gasteiger partial charge in [0.2, 0.25) is 0 Å². The van der Waals surface area contributed by atoms with E-state index in [4.69, 9.17) is 11.3 Å². The minimum Gasteiger partial charge on any atom is -0.500 e. The van der Waals surface area contributed by atoms with Gasteiger partial charge in [0.15, 0.2) is 0 Å². The molecular weight excluding hydrogens is 681 g/mol. The van der Waals surface area contributed by atoms with E-state index in [0.29, 0.717) is 11.3 Å². The molecule has 4 aromatic carbocycles. The zero-order valence-corrected chi connectivity index (χ0v) is 25.0. The number of rotatable bonds is 4. The molecule has 7 rings (SSSR count). The third-order valence-corrected chi connectivity index (χ3v) is 6.54. The zero-order chi connectivity index (χ0) is 31.8. The molecular formula is C37H30IrN2O-2. The Balaban J connectivity index is 0.000000209. The fourth-order valence-corrected chi connectivity index (χ4v) is 4.76. The van der Waals surface area contributed by atoms with Gasteiger partial charge in [0.25, 0.3) is 0 Å². The van der Waals surface area contributed by atoms with Crippen LogP contribution in [0, 0.1) is 24.9 Å². The Labute approximate surface area is 261 Å². The average Bonchev–Trinajstić information content (AvgIpc) is 3.45. The van der Waals surface area contributed by atoms with E-state index in [-0.39, 0.29) is 31.6 Å². The summed E-state index contributed by atoms with van der Waals surface area (Å²) in [7, 11) is 0. The molecule has 0 saturated carbocycles. The first kappa shape index (κ1) is 22.6. The van der Waals surface area contributed by atoms with Gasteiger partial charge in [0.05, 0.1) is 5.58 Å². The number of hydrogen-bond acceptors (Lipinski definition) is 3. The van der Waals surface area contributed by atoms with Gasteiger partial charge in [0.1, 0.15) is 5.58 Å². The van der Waals surface area contributed by atoms with E-state index in [1.54, 1.807) is 30.5 Å². The predicted molar refractivity (Wildman–Crippen MR) is 165 cm³/mol.